The summed E-state index contributed by atoms with van der Waals surface area (Å²) < 4.78 is 121. The molecule has 2 N–H and O–H groups in total. The first-order valence-corrected chi connectivity index (χ1v) is 40.8. The molecule has 0 aromatic rings. The fourth-order valence-corrected chi connectivity index (χ4v) is 19.2. The summed E-state index contributed by atoms with van der Waals surface area (Å²) in [6, 6.07) is 0. The summed E-state index contributed by atoms with van der Waals surface area (Å²) in [5, 5.41) is 20.3. The maximum Gasteiger partial charge on any atom is 0.333 e. The SMILES string of the molecule is CO[C@@H]1OC(C)[C@@H](C)[C@H](CO[C@@H]2OC(C)[C@@H](C)[C@H](CO[C@@H]3OC(C)[C@@H](C)[C@H](CO[C@@H]4OC(C)[C@@H](C)[C@H](CO[C@@H]5OC(C)[C@@H](C)[C@H](CO[C@@H]6OC(C)[C@@H](C)[C@H](CO[C@@H]7OC(C)[C@@H](C)[C@H](C)C7C)C6C)C5CO[C@H]5OC(C(=O)O)[C@@H](C)[C@@H](C)C5C)C4C)C3C)C2C)C1CO[C@H]1OC(C(=O)O)[C@@H](C)[C@@H](C)C1C. The van der Waals surface area contributed by atoms with E-state index < -0.39 is 74.5 Å². The average molecular weight is 1480 g/mol. The molecule has 0 radical (unpaired) electrons. The van der Waals surface area contributed by atoms with Crippen molar-refractivity contribution >= 4 is 11.9 Å². The van der Waals surface area contributed by atoms with E-state index in [1.165, 1.54) is 0 Å². The van der Waals surface area contributed by atoms with E-state index in [1.807, 2.05) is 13.8 Å². The molecule has 9 aliphatic heterocycles. The lowest BCUT2D eigenvalue weighted by molar-refractivity contribution is -0.312. The molecule has 0 saturated carbocycles. The largest absolute Gasteiger partial charge is 0.479 e. The zero-order valence-corrected chi connectivity index (χ0v) is 68.7. The average Bonchev–Trinajstić information content (AvgIpc) is 0.793. The van der Waals surface area contributed by atoms with Crippen LogP contribution in [-0.2, 0) is 94.9 Å². The number of hydrogen-bond donors (Lipinski definition) is 2. The lowest BCUT2D eigenvalue weighted by Gasteiger charge is -2.49. The van der Waals surface area contributed by atoms with Gasteiger partial charge >= 0.3 is 11.9 Å². The maximum atomic E-state index is 12.6. The summed E-state index contributed by atoms with van der Waals surface area (Å²) in [6.07, 6.45) is -7.48. The highest BCUT2D eigenvalue weighted by atomic mass is 16.7. The van der Waals surface area contributed by atoms with E-state index in [2.05, 4.69) is 166 Å². The van der Waals surface area contributed by atoms with Crippen molar-refractivity contribution in [2.75, 3.05) is 60.0 Å². The molecule has 0 bridgehead atoms. The minimum absolute atomic E-state index is 0.01000. The van der Waals surface area contributed by atoms with Gasteiger partial charge in [0.1, 0.15) is 0 Å². The summed E-state index contributed by atoms with van der Waals surface area (Å²) in [4.78, 5) is 24.8. The van der Waals surface area contributed by atoms with Crippen LogP contribution in [0.4, 0.5) is 0 Å². The molecule has 104 heavy (non-hydrogen) atoms. The lowest BCUT2D eigenvalue weighted by atomic mass is 9.76. The Balaban J connectivity index is 0.837. The van der Waals surface area contributed by atoms with Gasteiger partial charge in [-0.15, -0.1) is 0 Å². The normalized spacial score (nSPS) is 52.0. The lowest BCUT2D eigenvalue weighted by Crippen LogP contribution is -2.54. The second-order valence-electron chi connectivity index (χ2n) is 35.5. The molecule has 9 rings (SSSR count). The standard InChI is InChI=1S/C82H144O22/c1-36-39(4)55(20)96-74(42(36)7)88-28-62-45(10)57(22)100-80(52(62)17)92-33-67-50(15)61(26)102-82(69(67)35-94-76-44(9)38(3)41(6)71(104-76)73(85)86)95-31-65-48(13)59(24)98-78(54(65)19)90-29-63-46(11)56(21)97-77(51(63)16)89-30-64-47(12)58(23)99-79(53(64)18)91-32-66-49(14)60(25)101-81(87-27)68(66)34-93-75-43(8)37(2)40(5)70(103-75)72(83)84/h36-71,74-82H,28-35H2,1-27H3,(H,83,84)(H,85,86)/t36-,37+,38+,39-,40-,41-,42?,43?,44?,45+,46+,47+,48+,49+,50+,51?,52?,53?,54?,55?,56?,57?,58?,59?,60?,61?,62-,63-,64-,65-,66-,67-,68?,69?,70?,71?,74+,75-,76-,77+,78+,79+,80+,81+,82+/m0/s1. The van der Waals surface area contributed by atoms with Crippen LogP contribution in [0.1, 0.15) is 180 Å². The molecule has 0 aromatic carbocycles. The Morgan fingerprint density at radius 3 is 0.683 bits per heavy atom. The van der Waals surface area contributed by atoms with Crippen molar-refractivity contribution in [2.45, 2.75) is 292 Å². The summed E-state index contributed by atoms with van der Waals surface area (Å²) in [5.41, 5.74) is 0. The predicted octanol–water partition coefficient (Wildman–Crippen LogP) is 13.6. The molecule has 22 heteroatoms. The Hall–Kier alpha value is -1.78. The monoisotopic (exact) mass is 1480 g/mol. The number of ether oxygens (including phenoxy) is 18. The van der Waals surface area contributed by atoms with Gasteiger partial charge in [0, 0.05) is 60.4 Å². The first-order valence-electron chi connectivity index (χ1n) is 40.8. The minimum atomic E-state index is -0.995. The van der Waals surface area contributed by atoms with Gasteiger partial charge in [0.15, 0.2) is 68.8 Å². The van der Waals surface area contributed by atoms with Crippen molar-refractivity contribution in [1.82, 2.24) is 0 Å². The fourth-order valence-electron chi connectivity index (χ4n) is 19.2. The van der Waals surface area contributed by atoms with Gasteiger partial charge in [-0.1, -0.05) is 132 Å². The number of methoxy groups -OCH3 is 1. The van der Waals surface area contributed by atoms with Crippen molar-refractivity contribution in [2.24, 2.45) is 160 Å². The van der Waals surface area contributed by atoms with Gasteiger partial charge in [0.2, 0.25) is 0 Å². The van der Waals surface area contributed by atoms with E-state index in [9.17, 15) is 19.8 Å². The summed E-state index contributed by atoms with van der Waals surface area (Å²) >= 11 is 0. The van der Waals surface area contributed by atoms with Crippen LogP contribution < -0.4 is 0 Å². The number of rotatable bonds is 27. The highest BCUT2D eigenvalue weighted by Crippen LogP contribution is 2.48. The van der Waals surface area contributed by atoms with E-state index in [1.54, 1.807) is 7.11 Å². The van der Waals surface area contributed by atoms with Crippen LogP contribution in [-0.4, -0.2) is 194 Å². The summed E-state index contributed by atoms with van der Waals surface area (Å²) in [6.45, 7) is 59.1. The van der Waals surface area contributed by atoms with Crippen molar-refractivity contribution in [1.29, 1.82) is 0 Å². The highest BCUT2D eigenvalue weighted by Gasteiger charge is 2.53. The van der Waals surface area contributed by atoms with Gasteiger partial charge < -0.3 is 95.5 Å². The smallest absolute Gasteiger partial charge is 0.333 e. The van der Waals surface area contributed by atoms with E-state index in [4.69, 9.17) is 85.3 Å². The van der Waals surface area contributed by atoms with Crippen molar-refractivity contribution < 1.29 is 105 Å². The van der Waals surface area contributed by atoms with Gasteiger partial charge in [-0.25, -0.2) is 9.59 Å². The molecule has 22 nitrogen and oxygen atoms in total. The molecule has 18 unspecified atom stereocenters. The number of hydrogen-bond acceptors (Lipinski definition) is 20. The molecule has 0 aliphatic carbocycles. The zero-order chi connectivity index (χ0) is 76.5. The van der Waals surface area contributed by atoms with Crippen LogP contribution in [0.5, 0.6) is 0 Å². The van der Waals surface area contributed by atoms with Crippen molar-refractivity contribution in [3.63, 3.8) is 0 Å². The van der Waals surface area contributed by atoms with E-state index in [0.717, 1.165) is 0 Å². The first kappa shape index (κ1) is 86.2. The Bertz CT molecular complexity index is 2640. The summed E-state index contributed by atoms with van der Waals surface area (Å²) in [5.74, 6) is -0.685. The van der Waals surface area contributed by atoms with Crippen molar-refractivity contribution in [3.8, 4) is 0 Å². The molecule has 604 valence electrons. The predicted molar refractivity (Wildman–Crippen MR) is 390 cm³/mol. The Morgan fingerprint density at radius 1 is 0.212 bits per heavy atom. The van der Waals surface area contributed by atoms with E-state index in [-0.39, 0.29) is 210 Å². The molecule has 45 atom stereocenters. The number of carbonyl (C=O) groups is 2. The van der Waals surface area contributed by atoms with Gasteiger partial charge in [0.25, 0.3) is 0 Å². The van der Waals surface area contributed by atoms with Gasteiger partial charge in [-0.3, -0.25) is 0 Å². The Morgan fingerprint density at radius 2 is 0.404 bits per heavy atom. The highest BCUT2D eigenvalue weighted by molar-refractivity contribution is 5.73. The third kappa shape index (κ3) is 18.9. The topological polar surface area (TPSA) is 241 Å². The second-order valence-corrected chi connectivity index (χ2v) is 35.5. The van der Waals surface area contributed by atoms with E-state index >= 15 is 0 Å². The van der Waals surface area contributed by atoms with Crippen LogP contribution in [0, 0.1) is 160 Å². The van der Waals surface area contributed by atoms with Gasteiger partial charge in [-0.05, 0) is 155 Å². The molecule has 9 saturated heterocycles. The van der Waals surface area contributed by atoms with Crippen LogP contribution in [0.3, 0.4) is 0 Å². The number of carboxylic acids is 2. The third-order valence-electron chi connectivity index (χ3n) is 30.0. The fraction of sp³-hybridized carbons (Fsp3) is 0.976. The molecule has 9 aliphatic rings. The number of aliphatic carboxylic acids is 2. The maximum absolute atomic E-state index is 12.6. The van der Waals surface area contributed by atoms with Crippen LogP contribution >= 0.6 is 0 Å². The van der Waals surface area contributed by atoms with Crippen LogP contribution in [0.15, 0.2) is 0 Å². The van der Waals surface area contributed by atoms with Gasteiger partial charge in [-0.2, -0.15) is 0 Å². The third-order valence-corrected chi connectivity index (χ3v) is 30.0. The Kier molecular flexibility index (Phi) is 30.9. The molecular weight excluding hydrogens is 1340 g/mol. The first-order chi connectivity index (χ1) is 49.0. The molecule has 0 amide bonds. The molecule has 0 aromatic heterocycles. The molecule has 9 fully saturated rings. The zero-order valence-electron chi connectivity index (χ0n) is 68.7. The second kappa shape index (κ2) is 37.2. The molecular formula is C82H144O22. The number of carboxylic acid groups (broad SMARTS) is 2. The van der Waals surface area contributed by atoms with E-state index in [0.29, 0.717) is 51.5 Å². The Labute approximate surface area is 625 Å². The van der Waals surface area contributed by atoms with Crippen LogP contribution in [0.25, 0.3) is 0 Å². The van der Waals surface area contributed by atoms with Gasteiger partial charge in [0.05, 0.1) is 95.6 Å². The minimum Gasteiger partial charge on any atom is -0.479 e. The molecule has 0 spiro atoms. The molecule has 9 heterocycles. The van der Waals surface area contributed by atoms with Crippen molar-refractivity contribution in [3.05, 3.63) is 0 Å². The quantitative estimate of drug-likeness (QED) is 0.0777. The summed E-state index contributed by atoms with van der Waals surface area (Å²) in [7, 11) is 1.65. The van der Waals surface area contributed by atoms with Crippen LogP contribution in [0.2, 0.25) is 0 Å².